The molecule has 0 bridgehead atoms. The van der Waals surface area contributed by atoms with Gasteiger partial charge in [-0.05, 0) is 30.0 Å². The van der Waals surface area contributed by atoms with Crippen molar-refractivity contribution in [2.45, 2.75) is 32.6 Å². The average Bonchev–Trinajstić information content (AvgIpc) is 2.66. The van der Waals surface area contributed by atoms with Crippen LogP contribution in [-0.2, 0) is 20.7 Å². The van der Waals surface area contributed by atoms with Crippen molar-refractivity contribution in [3.63, 3.8) is 0 Å². The van der Waals surface area contributed by atoms with Crippen molar-refractivity contribution in [3.8, 4) is 0 Å². The molecule has 142 valence electrons. The second-order valence-corrected chi connectivity index (χ2v) is 6.20. The maximum absolute atomic E-state index is 11.9. The summed E-state index contributed by atoms with van der Waals surface area (Å²) in [6, 6.07) is 13.4. The standard InChI is InChI=1S/C20H22N2O5/c1-3-14(2)15-8-10-17(11-9-15)21-19(23)13-27-20(24)12-16-6-4-5-7-18(16)22(25)26/h4-11,14H,3,12-13H2,1-2H3,(H,21,23)/t14-/m0/s1. The molecule has 1 N–H and O–H groups in total. The van der Waals surface area contributed by atoms with Crippen LogP contribution in [0.2, 0.25) is 0 Å². The summed E-state index contributed by atoms with van der Waals surface area (Å²) in [6.45, 7) is 3.79. The van der Waals surface area contributed by atoms with Crippen molar-refractivity contribution in [2.75, 3.05) is 11.9 Å². The molecule has 2 aromatic carbocycles. The van der Waals surface area contributed by atoms with E-state index in [-0.39, 0.29) is 17.7 Å². The van der Waals surface area contributed by atoms with E-state index in [1.807, 2.05) is 12.1 Å². The molecule has 0 radical (unpaired) electrons. The first kappa shape index (κ1) is 20.1. The number of benzene rings is 2. The molecule has 1 atom stereocenters. The average molecular weight is 370 g/mol. The number of nitrogens with zero attached hydrogens (tertiary/aromatic N) is 1. The van der Waals surface area contributed by atoms with E-state index in [2.05, 4.69) is 19.2 Å². The number of hydrogen-bond acceptors (Lipinski definition) is 5. The predicted molar refractivity (Wildman–Crippen MR) is 102 cm³/mol. The minimum Gasteiger partial charge on any atom is -0.455 e. The lowest BCUT2D eigenvalue weighted by Crippen LogP contribution is -2.21. The van der Waals surface area contributed by atoms with E-state index >= 15 is 0 Å². The third-order valence-corrected chi connectivity index (χ3v) is 4.26. The third-order valence-electron chi connectivity index (χ3n) is 4.26. The lowest BCUT2D eigenvalue weighted by atomic mass is 9.99. The van der Waals surface area contributed by atoms with Crippen LogP contribution < -0.4 is 5.32 Å². The summed E-state index contributed by atoms with van der Waals surface area (Å²) in [5.41, 5.74) is 1.89. The summed E-state index contributed by atoms with van der Waals surface area (Å²) < 4.78 is 4.92. The van der Waals surface area contributed by atoms with Crippen molar-refractivity contribution in [1.29, 1.82) is 0 Å². The van der Waals surface area contributed by atoms with Gasteiger partial charge in [0.15, 0.2) is 6.61 Å². The zero-order chi connectivity index (χ0) is 19.8. The van der Waals surface area contributed by atoms with Crippen molar-refractivity contribution >= 4 is 23.3 Å². The topological polar surface area (TPSA) is 98.5 Å². The van der Waals surface area contributed by atoms with Gasteiger partial charge in [-0.1, -0.05) is 44.2 Å². The highest BCUT2D eigenvalue weighted by atomic mass is 16.6. The Labute approximate surface area is 157 Å². The number of esters is 1. The number of carbonyl (C=O) groups is 2. The van der Waals surface area contributed by atoms with Crippen LogP contribution in [-0.4, -0.2) is 23.4 Å². The maximum Gasteiger partial charge on any atom is 0.311 e. The van der Waals surface area contributed by atoms with E-state index < -0.39 is 23.4 Å². The third kappa shape index (κ3) is 5.91. The SMILES string of the molecule is CC[C@H](C)c1ccc(NC(=O)COC(=O)Cc2ccccc2[N+](=O)[O-])cc1. The number of hydrogen-bond donors (Lipinski definition) is 1. The van der Waals surface area contributed by atoms with Crippen molar-refractivity contribution in [2.24, 2.45) is 0 Å². The lowest BCUT2D eigenvalue weighted by molar-refractivity contribution is -0.385. The van der Waals surface area contributed by atoms with Gasteiger partial charge in [0.25, 0.3) is 11.6 Å². The Balaban J connectivity index is 1.85. The summed E-state index contributed by atoms with van der Waals surface area (Å²) in [6.07, 6.45) is 0.759. The Kier molecular flexibility index (Phi) is 7.05. The van der Waals surface area contributed by atoms with E-state index in [1.54, 1.807) is 18.2 Å². The van der Waals surface area contributed by atoms with Gasteiger partial charge in [-0.15, -0.1) is 0 Å². The highest BCUT2D eigenvalue weighted by molar-refractivity contribution is 5.92. The van der Waals surface area contributed by atoms with E-state index in [4.69, 9.17) is 4.74 Å². The molecule has 0 aliphatic carbocycles. The summed E-state index contributed by atoms with van der Waals surface area (Å²) in [5.74, 6) is -0.730. The van der Waals surface area contributed by atoms with Crippen LogP contribution >= 0.6 is 0 Å². The molecule has 0 aliphatic heterocycles. The molecule has 2 aromatic rings. The van der Waals surface area contributed by atoms with Gasteiger partial charge in [-0.25, -0.2) is 0 Å². The molecule has 1 amide bonds. The summed E-state index contributed by atoms with van der Waals surface area (Å²) in [7, 11) is 0. The van der Waals surface area contributed by atoms with E-state index in [9.17, 15) is 19.7 Å². The number of amides is 1. The fraction of sp³-hybridized carbons (Fsp3) is 0.300. The zero-order valence-electron chi connectivity index (χ0n) is 15.3. The first-order valence-electron chi connectivity index (χ1n) is 8.68. The molecule has 0 heterocycles. The molecular formula is C20H22N2O5. The number of nitro benzene ring substituents is 1. The van der Waals surface area contributed by atoms with Gasteiger partial charge in [0.1, 0.15) is 0 Å². The Hall–Kier alpha value is -3.22. The van der Waals surface area contributed by atoms with Crippen LogP contribution in [0.4, 0.5) is 11.4 Å². The summed E-state index contributed by atoms with van der Waals surface area (Å²) >= 11 is 0. The molecule has 0 saturated carbocycles. The van der Waals surface area contributed by atoms with Gasteiger partial charge < -0.3 is 10.1 Å². The zero-order valence-corrected chi connectivity index (χ0v) is 15.3. The van der Waals surface area contributed by atoms with Crippen LogP contribution in [0.3, 0.4) is 0 Å². The number of ether oxygens (including phenoxy) is 1. The largest absolute Gasteiger partial charge is 0.455 e. The van der Waals surface area contributed by atoms with Crippen LogP contribution in [0.25, 0.3) is 0 Å². The fourth-order valence-electron chi connectivity index (χ4n) is 2.52. The second kappa shape index (κ2) is 9.47. The molecule has 0 spiro atoms. The van der Waals surface area contributed by atoms with Crippen LogP contribution in [0.1, 0.15) is 37.3 Å². The van der Waals surface area contributed by atoms with Gasteiger partial charge in [0.05, 0.1) is 11.3 Å². The lowest BCUT2D eigenvalue weighted by Gasteiger charge is -2.10. The van der Waals surface area contributed by atoms with Gasteiger partial charge in [-0.3, -0.25) is 19.7 Å². The Morgan fingerprint density at radius 1 is 1.15 bits per heavy atom. The maximum atomic E-state index is 11.9. The molecule has 0 aromatic heterocycles. The van der Waals surface area contributed by atoms with Gasteiger partial charge in [-0.2, -0.15) is 0 Å². The smallest absolute Gasteiger partial charge is 0.311 e. The molecule has 7 heteroatoms. The number of nitrogens with one attached hydrogen (secondary N) is 1. The molecule has 2 rings (SSSR count). The minimum atomic E-state index is -0.702. The molecule has 0 unspecified atom stereocenters. The fourth-order valence-corrected chi connectivity index (χ4v) is 2.52. The van der Waals surface area contributed by atoms with Crippen molar-refractivity contribution < 1.29 is 19.2 Å². The van der Waals surface area contributed by atoms with Gasteiger partial charge in [0.2, 0.25) is 0 Å². The Morgan fingerprint density at radius 2 is 1.81 bits per heavy atom. The van der Waals surface area contributed by atoms with E-state index in [0.29, 0.717) is 11.6 Å². The van der Waals surface area contributed by atoms with Crippen LogP contribution in [0, 0.1) is 10.1 Å². The molecule has 0 saturated heterocycles. The number of para-hydroxylation sites is 1. The van der Waals surface area contributed by atoms with E-state index in [0.717, 1.165) is 6.42 Å². The second-order valence-electron chi connectivity index (χ2n) is 6.20. The molecular weight excluding hydrogens is 348 g/mol. The minimum absolute atomic E-state index is 0.153. The molecule has 27 heavy (non-hydrogen) atoms. The first-order valence-corrected chi connectivity index (χ1v) is 8.68. The Bertz CT molecular complexity index is 817. The first-order chi connectivity index (χ1) is 12.9. The predicted octanol–water partition coefficient (Wildman–Crippen LogP) is 3.83. The molecule has 0 fully saturated rings. The molecule has 0 aliphatic rings. The van der Waals surface area contributed by atoms with Crippen molar-refractivity contribution in [3.05, 3.63) is 69.8 Å². The number of rotatable bonds is 8. The molecule has 7 nitrogen and oxygen atoms in total. The monoisotopic (exact) mass is 370 g/mol. The van der Waals surface area contributed by atoms with Gasteiger partial charge >= 0.3 is 5.97 Å². The van der Waals surface area contributed by atoms with Crippen LogP contribution in [0.15, 0.2) is 48.5 Å². The summed E-state index contributed by atoms with van der Waals surface area (Å²) in [4.78, 5) is 34.2. The summed E-state index contributed by atoms with van der Waals surface area (Å²) in [5, 5.41) is 13.6. The highest BCUT2D eigenvalue weighted by Crippen LogP contribution is 2.20. The van der Waals surface area contributed by atoms with Gasteiger partial charge in [0, 0.05) is 17.3 Å². The van der Waals surface area contributed by atoms with E-state index in [1.165, 1.54) is 23.8 Å². The number of carbonyl (C=O) groups excluding carboxylic acids is 2. The Morgan fingerprint density at radius 3 is 2.44 bits per heavy atom. The quantitative estimate of drug-likeness (QED) is 0.432. The number of anilines is 1. The normalized spacial score (nSPS) is 11.5. The highest BCUT2D eigenvalue weighted by Gasteiger charge is 2.17. The van der Waals surface area contributed by atoms with Crippen LogP contribution in [0.5, 0.6) is 0 Å². The number of nitro groups is 1. The van der Waals surface area contributed by atoms with Crippen molar-refractivity contribution in [1.82, 2.24) is 0 Å².